The minimum Gasteiger partial charge on any atom is -0.305 e. The average molecular weight is 286 g/mol. The summed E-state index contributed by atoms with van der Waals surface area (Å²) in [5.41, 5.74) is 3.77. The highest BCUT2D eigenvalue weighted by atomic mass is 15.4. The lowest BCUT2D eigenvalue weighted by Gasteiger charge is -2.20. The molecule has 0 saturated heterocycles. The van der Waals surface area contributed by atoms with Gasteiger partial charge in [-0.25, -0.2) is 4.68 Å². The van der Waals surface area contributed by atoms with Gasteiger partial charge in [0.2, 0.25) is 0 Å². The molecule has 0 bridgehead atoms. The first-order valence-corrected chi connectivity index (χ1v) is 7.89. The van der Waals surface area contributed by atoms with Crippen molar-refractivity contribution in [3.8, 4) is 0 Å². The van der Waals surface area contributed by atoms with Crippen LogP contribution in [0.3, 0.4) is 0 Å². The minimum absolute atomic E-state index is 0.151. The van der Waals surface area contributed by atoms with Crippen molar-refractivity contribution in [3.63, 3.8) is 0 Å². The van der Waals surface area contributed by atoms with Crippen molar-refractivity contribution < 1.29 is 0 Å². The quantitative estimate of drug-likeness (QED) is 0.847. The first-order valence-electron chi connectivity index (χ1n) is 7.89. The zero-order valence-electron chi connectivity index (χ0n) is 13.5. The second-order valence-electron chi connectivity index (χ2n) is 5.69. The van der Waals surface area contributed by atoms with E-state index in [9.17, 15) is 0 Å². The Kier molecular flexibility index (Phi) is 5.51. The van der Waals surface area contributed by atoms with Gasteiger partial charge in [-0.1, -0.05) is 57.2 Å². The Labute approximate surface area is 127 Å². The third-order valence-electron chi connectivity index (χ3n) is 3.72. The summed E-state index contributed by atoms with van der Waals surface area (Å²) in [6.45, 7) is 10.5. The van der Waals surface area contributed by atoms with Crippen LogP contribution < -0.4 is 5.32 Å². The lowest BCUT2D eigenvalue weighted by Crippen LogP contribution is -2.25. The summed E-state index contributed by atoms with van der Waals surface area (Å²) in [5, 5.41) is 11.8. The van der Waals surface area contributed by atoms with E-state index < -0.39 is 0 Å². The SMILES string of the molecule is CCCn1nncc1C(NCC)c1ccc(C(C)C)cc1. The zero-order chi connectivity index (χ0) is 15.2. The van der Waals surface area contributed by atoms with Gasteiger partial charge < -0.3 is 5.32 Å². The molecule has 2 rings (SSSR count). The zero-order valence-corrected chi connectivity index (χ0v) is 13.5. The molecular weight excluding hydrogens is 260 g/mol. The van der Waals surface area contributed by atoms with E-state index in [0.29, 0.717) is 5.92 Å². The Bertz CT molecular complexity index is 542. The normalized spacial score (nSPS) is 12.8. The van der Waals surface area contributed by atoms with Gasteiger partial charge in [0, 0.05) is 6.54 Å². The van der Waals surface area contributed by atoms with Crippen molar-refractivity contribution >= 4 is 0 Å². The van der Waals surface area contributed by atoms with Crippen LogP contribution in [0.15, 0.2) is 30.5 Å². The van der Waals surface area contributed by atoms with E-state index in [2.05, 4.69) is 67.6 Å². The van der Waals surface area contributed by atoms with Crippen LogP contribution in [-0.2, 0) is 6.54 Å². The predicted molar refractivity (Wildman–Crippen MR) is 86.4 cm³/mol. The molecule has 1 aromatic heterocycles. The Balaban J connectivity index is 2.31. The monoisotopic (exact) mass is 286 g/mol. The van der Waals surface area contributed by atoms with Crippen LogP contribution in [-0.4, -0.2) is 21.5 Å². The van der Waals surface area contributed by atoms with Gasteiger partial charge in [0.25, 0.3) is 0 Å². The maximum Gasteiger partial charge on any atom is 0.0801 e. The average Bonchev–Trinajstić information content (AvgIpc) is 2.93. The van der Waals surface area contributed by atoms with Crippen molar-refractivity contribution in [2.75, 3.05) is 6.54 Å². The van der Waals surface area contributed by atoms with Gasteiger partial charge in [0.15, 0.2) is 0 Å². The summed E-state index contributed by atoms with van der Waals surface area (Å²) in [6, 6.07) is 9.02. The van der Waals surface area contributed by atoms with E-state index in [1.165, 1.54) is 11.1 Å². The standard InChI is InChI=1S/C17H26N4/c1-5-11-21-16(12-19-20-21)17(18-6-2)15-9-7-14(8-10-15)13(3)4/h7-10,12-13,17-18H,5-6,11H2,1-4H3. The van der Waals surface area contributed by atoms with Crippen LogP contribution in [0.5, 0.6) is 0 Å². The summed E-state index contributed by atoms with van der Waals surface area (Å²) in [4.78, 5) is 0. The van der Waals surface area contributed by atoms with Crippen LogP contribution in [0.1, 0.15) is 62.9 Å². The third-order valence-corrected chi connectivity index (χ3v) is 3.72. The van der Waals surface area contributed by atoms with E-state index in [1.807, 2.05) is 10.9 Å². The molecule has 1 N–H and O–H groups in total. The fourth-order valence-corrected chi connectivity index (χ4v) is 2.55. The van der Waals surface area contributed by atoms with Gasteiger partial charge >= 0.3 is 0 Å². The summed E-state index contributed by atoms with van der Waals surface area (Å²) in [7, 11) is 0. The van der Waals surface area contributed by atoms with Gasteiger partial charge in [-0.05, 0) is 30.0 Å². The summed E-state index contributed by atoms with van der Waals surface area (Å²) < 4.78 is 2.00. The van der Waals surface area contributed by atoms with E-state index in [-0.39, 0.29) is 6.04 Å². The van der Waals surface area contributed by atoms with Crippen molar-refractivity contribution in [1.82, 2.24) is 20.3 Å². The van der Waals surface area contributed by atoms with Crippen LogP contribution >= 0.6 is 0 Å². The van der Waals surface area contributed by atoms with Gasteiger partial charge in [-0.15, -0.1) is 5.10 Å². The van der Waals surface area contributed by atoms with E-state index in [4.69, 9.17) is 0 Å². The molecule has 1 aromatic carbocycles. The van der Waals surface area contributed by atoms with Gasteiger partial charge in [-0.2, -0.15) is 0 Å². The predicted octanol–water partition coefficient (Wildman–Crippen LogP) is 3.51. The highest BCUT2D eigenvalue weighted by molar-refractivity contribution is 5.31. The molecule has 1 unspecified atom stereocenters. The van der Waals surface area contributed by atoms with E-state index in [0.717, 1.165) is 25.2 Å². The summed E-state index contributed by atoms with van der Waals surface area (Å²) in [6.07, 6.45) is 2.93. The summed E-state index contributed by atoms with van der Waals surface area (Å²) in [5.74, 6) is 0.559. The molecule has 0 fully saturated rings. The number of hydrogen-bond donors (Lipinski definition) is 1. The molecule has 2 aromatic rings. The molecule has 0 amide bonds. The van der Waals surface area contributed by atoms with Gasteiger partial charge in [0.05, 0.1) is 17.9 Å². The number of aromatic nitrogens is 3. The highest BCUT2D eigenvalue weighted by Gasteiger charge is 2.18. The first-order chi connectivity index (χ1) is 10.2. The number of benzene rings is 1. The van der Waals surface area contributed by atoms with Crippen molar-refractivity contribution in [1.29, 1.82) is 0 Å². The first kappa shape index (κ1) is 15.7. The molecule has 0 aliphatic carbocycles. The van der Waals surface area contributed by atoms with Gasteiger partial charge in [-0.3, -0.25) is 0 Å². The lowest BCUT2D eigenvalue weighted by atomic mass is 9.98. The Morgan fingerprint density at radius 2 is 1.76 bits per heavy atom. The molecule has 0 aliphatic heterocycles. The molecule has 0 saturated carbocycles. The minimum atomic E-state index is 0.151. The van der Waals surface area contributed by atoms with Crippen LogP contribution in [0, 0.1) is 0 Å². The fourth-order valence-electron chi connectivity index (χ4n) is 2.55. The molecule has 4 heteroatoms. The number of aryl methyl sites for hydroxylation is 1. The van der Waals surface area contributed by atoms with Crippen LogP contribution in [0.25, 0.3) is 0 Å². The highest BCUT2D eigenvalue weighted by Crippen LogP contribution is 2.23. The Hall–Kier alpha value is -1.68. The topological polar surface area (TPSA) is 42.7 Å². The fraction of sp³-hybridized carbons (Fsp3) is 0.529. The molecular formula is C17H26N4. The third kappa shape index (κ3) is 3.70. The van der Waals surface area contributed by atoms with Crippen LogP contribution in [0.4, 0.5) is 0 Å². The lowest BCUT2D eigenvalue weighted by molar-refractivity contribution is 0.511. The number of rotatable bonds is 7. The van der Waals surface area contributed by atoms with Crippen LogP contribution in [0.2, 0.25) is 0 Å². The van der Waals surface area contributed by atoms with E-state index in [1.54, 1.807) is 0 Å². The molecule has 0 aliphatic rings. The molecule has 0 radical (unpaired) electrons. The molecule has 0 spiro atoms. The molecule has 1 heterocycles. The second kappa shape index (κ2) is 7.36. The molecule has 21 heavy (non-hydrogen) atoms. The Morgan fingerprint density at radius 3 is 2.33 bits per heavy atom. The molecule has 4 nitrogen and oxygen atoms in total. The molecule has 1 atom stereocenters. The smallest absolute Gasteiger partial charge is 0.0801 e. The largest absolute Gasteiger partial charge is 0.305 e. The van der Waals surface area contributed by atoms with Crippen molar-refractivity contribution in [2.24, 2.45) is 0 Å². The van der Waals surface area contributed by atoms with E-state index >= 15 is 0 Å². The van der Waals surface area contributed by atoms with Gasteiger partial charge in [0.1, 0.15) is 0 Å². The maximum atomic E-state index is 4.21. The maximum absolute atomic E-state index is 4.21. The van der Waals surface area contributed by atoms with Crippen molar-refractivity contribution in [2.45, 2.75) is 52.6 Å². The number of nitrogens with zero attached hydrogens (tertiary/aromatic N) is 3. The Morgan fingerprint density at radius 1 is 1.10 bits per heavy atom. The molecule has 114 valence electrons. The van der Waals surface area contributed by atoms with Crippen molar-refractivity contribution in [3.05, 3.63) is 47.3 Å². The second-order valence-corrected chi connectivity index (χ2v) is 5.69. The number of hydrogen-bond acceptors (Lipinski definition) is 3. The number of nitrogens with one attached hydrogen (secondary N) is 1. The summed E-state index contributed by atoms with van der Waals surface area (Å²) >= 11 is 0.